The monoisotopic (exact) mass is 549 g/mol. The molecule has 2 aliphatic rings. The number of carbonyl (C=O) groups excluding carboxylic acids is 1. The van der Waals surface area contributed by atoms with Crippen molar-refractivity contribution in [1.29, 1.82) is 0 Å². The van der Waals surface area contributed by atoms with E-state index in [-0.39, 0.29) is 41.5 Å². The Morgan fingerprint density at radius 1 is 1.22 bits per heavy atom. The zero-order valence-electron chi connectivity index (χ0n) is 18.7. The number of aromatic nitrogens is 1. The van der Waals surface area contributed by atoms with Crippen LogP contribution in [0.15, 0.2) is 47.6 Å². The van der Waals surface area contributed by atoms with Crippen LogP contribution in [0.4, 0.5) is 5.82 Å². The molecule has 4 rings (SSSR count). The van der Waals surface area contributed by atoms with Gasteiger partial charge >= 0.3 is 0 Å². The Bertz CT molecular complexity index is 942. The largest absolute Gasteiger partial charge is 0.487 e. The molecule has 0 bridgehead atoms. The molecular formula is C24H32IN5O2. The van der Waals surface area contributed by atoms with Gasteiger partial charge in [-0.2, -0.15) is 0 Å². The number of nitrogens with one attached hydrogen (secondary N) is 3. The molecular weight excluding hydrogens is 517 g/mol. The summed E-state index contributed by atoms with van der Waals surface area (Å²) in [6, 6.07) is 12.1. The third kappa shape index (κ3) is 5.90. The maximum Gasteiger partial charge on any atom is 0.227 e. The zero-order chi connectivity index (χ0) is 21.7. The summed E-state index contributed by atoms with van der Waals surface area (Å²) in [7, 11) is 1.75. The first kappa shape index (κ1) is 24.3. The predicted octanol–water partition coefficient (Wildman–Crippen LogP) is 4.34. The predicted molar refractivity (Wildman–Crippen MR) is 138 cm³/mol. The van der Waals surface area contributed by atoms with Gasteiger partial charge in [0.1, 0.15) is 17.2 Å². The van der Waals surface area contributed by atoms with Crippen LogP contribution in [0.3, 0.4) is 0 Å². The van der Waals surface area contributed by atoms with Crippen LogP contribution in [-0.2, 0) is 4.79 Å². The molecule has 1 spiro atoms. The van der Waals surface area contributed by atoms with E-state index >= 15 is 0 Å². The van der Waals surface area contributed by atoms with Crippen molar-refractivity contribution in [3.63, 3.8) is 0 Å². The molecule has 1 aliphatic heterocycles. The highest BCUT2D eigenvalue weighted by atomic mass is 127. The van der Waals surface area contributed by atoms with E-state index in [0.717, 1.165) is 36.1 Å². The molecule has 1 aliphatic carbocycles. The average molecular weight is 549 g/mol. The van der Waals surface area contributed by atoms with Crippen molar-refractivity contribution < 1.29 is 9.53 Å². The summed E-state index contributed by atoms with van der Waals surface area (Å²) in [6.45, 7) is 2.44. The standard InChI is InChI=1S/C24H31N5O2.HI/c1-17-9-10-21(27-16-17)29-22(30)11-14-26-23(25-2)28-19-15-24(12-5-6-13-24)31-20-8-4-3-7-18(19)20;/h3-4,7-10,16,19H,5-6,11-15H2,1-2H3,(H2,25,26,28)(H,27,29,30);1H. The number of halogens is 1. The molecule has 1 atom stereocenters. The van der Waals surface area contributed by atoms with Gasteiger partial charge in [-0.3, -0.25) is 9.79 Å². The smallest absolute Gasteiger partial charge is 0.227 e. The van der Waals surface area contributed by atoms with Crippen LogP contribution >= 0.6 is 24.0 Å². The van der Waals surface area contributed by atoms with E-state index in [9.17, 15) is 4.79 Å². The van der Waals surface area contributed by atoms with Crippen molar-refractivity contribution in [3.05, 3.63) is 53.7 Å². The summed E-state index contributed by atoms with van der Waals surface area (Å²) < 4.78 is 6.44. The summed E-state index contributed by atoms with van der Waals surface area (Å²) in [4.78, 5) is 20.8. The number of pyridine rings is 1. The van der Waals surface area contributed by atoms with Gasteiger partial charge < -0.3 is 20.7 Å². The van der Waals surface area contributed by atoms with E-state index < -0.39 is 0 Å². The van der Waals surface area contributed by atoms with Crippen molar-refractivity contribution in [3.8, 4) is 5.75 Å². The number of carbonyl (C=O) groups is 1. The molecule has 0 saturated heterocycles. The Kier molecular flexibility index (Phi) is 8.33. The maximum absolute atomic E-state index is 12.2. The highest BCUT2D eigenvalue weighted by Crippen LogP contribution is 2.46. The molecule has 1 aromatic heterocycles. The molecule has 1 saturated carbocycles. The van der Waals surface area contributed by atoms with E-state index in [4.69, 9.17) is 4.74 Å². The topological polar surface area (TPSA) is 87.6 Å². The van der Waals surface area contributed by atoms with E-state index in [1.165, 1.54) is 12.8 Å². The van der Waals surface area contributed by atoms with Crippen LogP contribution in [0.2, 0.25) is 0 Å². The maximum atomic E-state index is 12.2. The molecule has 0 radical (unpaired) electrons. The number of benzene rings is 1. The Morgan fingerprint density at radius 3 is 2.72 bits per heavy atom. The van der Waals surface area contributed by atoms with Crippen molar-refractivity contribution >= 4 is 41.7 Å². The molecule has 172 valence electrons. The number of nitrogens with zero attached hydrogens (tertiary/aromatic N) is 2. The number of fused-ring (bicyclic) bond motifs is 1. The highest BCUT2D eigenvalue weighted by molar-refractivity contribution is 14.0. The molecule has 3 N–H and O–H groups in total. The third-order valence-corrected chi connectivity index (χ3v) is 6.07. The molecule has 2 heterocycles. The number of rotatable bonds is 5. The summed E-state index contributed by atoms with van der Waals surface area (Å²) in [5.74, 6) is 2.14. The van der Waals surface area contributed by atoms with Crippen molar-refractivity contribution in [2.75, 3.05) is 18.9 Å². The van der Waals surface area contributed by atoms with E-state index in [1.54, 1.807) is 13.2 Å². The fourth-order valence-electron chi connectivity index (χ4n) is 4.47. The second-order valence-corrected chi connectivity index (χ2v) is 8.45. The van der Waals surface area contributed by atoms with Crippen LogP contribution in [0.5, 0.6) is 5.75 Å². The van der Waals surface area contributed by atoms with Crippen LogP contribution in [-0.4, -0.2) is 36.0 Å². The van der Waals surface area contributed by atoms with E-state index in [1.807, 2.05) is 31.2 Å². The highest BCUT2D eigenvalue weighted by Gasteiger charge is 2.43. The van der Waals surface area contributed by atoms with Gasteiger partial charge in [-0.1, -0.05) is 24.3 Å². The Balaban J connectivity index is 0.00000289. The minimum Gasteiger partial charge on any atom is -0.487 e. The van der Waals surface area contributed by atoms with Crippen LogP contribution in [0.25, 0.3) is 0 Å². The number of hydrogen-bond donors (Lipinski definition) is 3. The number of ether oxygens (including phenoxy) is 1. The lowest BCUT2D eigenvalue weighted by molar-refractivity contribution is -0.116. The fourth-order valence-corrected chi connectivity index (χ4v) is 4.47. The second-order valence-electron chi connectivity index (χ2n) is 8.45. The number of para-hydroxylation sites is 1. The van der Waals surface area contributed by atoms with Gasteiger partial charge in [-0.05, 0) is 50.3 Å². The van der Waals surface area contributed by atoms with Gasteiger partial charge in [0, 0.05) is 38.2 Å². The van der Waals surface area contributed by atoms with Gasteiger partial charge in [-0.15, -0.1) is 24.0 Å². The summed E-state index contributed by atoms with van der Waals surface area (Å²) >= 11 is 0. The molecule has 1 amide bonds. The Morgan fingerprint density at radius 2 is 2.00 bits per heavy atom. The van der Waals surface area contributed by atoms with Crippen LogP contribution in [0.1, 0.15) is 55.7 Å². The van der Waals surface area contributed by atoms with E-state index in [0.29, 0.717) is 24.7 Å². The van der Waals surface area contributed by atoms with Gasteiger partial charge in [0.15, 0.2) is 5.96 Å². The number of aryl methyl sites for hydroxylation is 1. The first-order chi connectivity index (χ1) is 15.1. The number of amides is 1. The van der Waals surface area contributed by atoms with Gasteiger partial charge in [-0.25, -0.2) is 4.98 Å². The fraction of sp³-hybridized carbons (Fsp3) is 0.458. The summed E-state index contributed by atoms with van der Waals surface area (Å²) in [6.07, 6.45) is 7.61. The Labute approximate surface area is 206 Å². The molecule has 7 nitrogen and oxygen atoms in total. The molecule has 1 unspecified atom stereocenters. The average Bonchev–Trinajstić information content (AvgIpc) is 3.21. The lowest BCUT2D eigenvalue weighted by atomic mass is 9.86. The van der Waals surface area contributed by atoms with Gasteiger partial charge in [0.25, 0.3) is 0 Å². The van der Waals surface area contributed by atoms with Crippen LogP contribution in [0, 0.1) is 6.92 Å². The van der Waals surface area contributed by atoms with Crippen LogP contribution < -0.4 is 20.7 Å². The number of hydrogen-bond acceptors (Lipinski definition) is 4. The number of guanidine groups is 1. The third-order valence-electron chi connectivity index (χ3n) is 6.07. The van der Waals surface area contributed by atoms with Crippen molar-refractivity contribution in [2.24, 2.45) is 4.99 Å². The number of aliphatic imine (C=N–C) groups is 1. The Hall–Kier alpha value is -2.36. The minimum absolute atomic E-state index is 0. The SMILES string of the molecule is CN=C(NCCC(=O)Nc1ccc(C)cn1)NC1CC2(CCCC2)Oc2ccccc21.I. The molecule has 32 heavy (non-hydrogen) atoms. The van der Waals surface area contributed by atoms with Gasteiger partial charge in [0.2, 0.25) is 5.91 Å². The summed E-state index contributed by atoms with van der Waals surface area (Å²) in [5.41, 5.74) is 2.14. The quantitative estimate of drug-likeness (QED) is 0.294. The first-order valence-corrected chi connectivity index (χ1v) is 11.0. The first-order valence-electron chi connectivity index (χ1n) is 11.0. The lowest BCUT2D eigenvalue weighted by Gasteiger charge is -2.40. The number of anilines is 1. The second kappa shape index (κ2) is 11.0. The minimum atomic E-state index is -0.0828. The van der Waals surface area contributed by atoms with E-state index in [2.05, 4.69) is 38.1 Å². The van der Waals surface area contributed by atoms with Crippen molar-refractivity contribution in [1.82, 2.24) is 15.6 Å². The molecule has 1 aromatic carbocycles. The summed E-state index contributed by atoms with van der Waals surface area (Å²) in [5, 5.41) is 9.65. The molecule has 1 fully saturated rings. The zero-order valence-corrected chi connectivity index (χ0v) is 21.0. The normalized spacial score (nSPS) is 18.8. The van der Waals surface area contributed by atoms with Crippen molar-refractivity contribution in [2.45, 2.75) is 57.1 Å². The lowest BCUT2D eigenvalue weighted by Crippen LogP contribution is -2.47. The molecule has 8 heteroatoms. The molecule has 2 aromatic rings. The van der Waals surface area contributed by atoms with Gasteiger partial charge in [0.05, 0.1) is 6.04 Å².